The summed E-state index contributed by atoms with van der Waals surface area (Å²) in [4.78, 5) is 23.0. The molecule has 2 N–H and O–H groups in total. The zero-order chi connectivity index (χ0) is 15.2. The van der Waals surface area contributed by atoms with Crippen LogP contribution >= 0.6 is 15.9 Å². The Hall–Kier alpha value is -1.99. The molecule has 0 fully saturated rings. The summed E-state index contributed by atoms with van der Waals surface area (Å²) in [6.45, 7) is 0. The van der Waals surface area contributed by atoms with Crippen LogP contribution in [-0.4, -0.2) is 22.1 Å². The van der Waals surface area contributed by atoms with Crippen molar-refractivity contribution in [1.82, 2.24) is 10.6 Å². The van der Waals surface area contributed by atoms with Gasteiger partial charge in [0.05, 0.1) is 0 Å². The van der Waals surface area contributed by atoms with Crippen LogP contribution in [0.5, 0.6) is 0 Å². The number of hydrogen-bond donors (Lipinski definition) is 2. The van der Waals surface area contributed by atoms with Crippen molar-refractivity contribution in [3.8, 4) is 0 Å². The molecule has 0 spiro atoms. The fourth-order valence-electron chi connectivity index (χ4n) is 1.80. The predicted molar refractivity (Wildman–Crippen MR) is 77.2 cm³/mol. The number of Topliss-reactive ketones (excluding diaryl/α,β-unsaturated/α-hetero) is 1. The summed E-state index contributed by atoms with van der Waals surface area (Å²) < 4.78 is 5.88. The van der Waals surface area contributed by atoms with Crippen molar-refractivity contribution >= 4 is 27.6 Å². The molecule has 7 heteroatoms. The van der Waals surface area contributed by atoms with Gasteiger partial charge in [-0.15, -0.1) is 0 Å². The third-order valence-corrected chi connectivity index (χ3v) is 3.42. The summed E-state index contributed by atoms with van der Waals surface area (Å²) >= 11 is 3.32. The number of nitrogens with zero attached hydrogens (tertiary/aromatic N) is 1. The Morgan fingerprint density at radius 1 is 1.29 bits per heavy atom. The number of amides is 1. The molecular weight excluding hydrogens is 340 g/mol. The molecule has 1 amide bonds. The molecule has 2 aromatic rings. The molecule has 0 saturated carbocycles. The number of halogens is 1. The number of hydroxylamine groups is 1. The maximum Gasteiger partial charge on any atom is 0.296 e. The molecule has 1 aromatic heterocycles. The molecule has 21 heavy (non-hydrogen) atoms. The second-order valence-corrected chi connectivity index (χ2v) is 5.32. The molecule has 110 valence electrons. The number of benzene rings is 1. The SMILES string of the molecule is O=C(CCCc1cc(C(=O)NO)no1)c1ccc(Br)cc1. The van der Waals surface area contributed by atoms with E-state index in [-0.39, 0.29) is 11.5 Å². The van der Waals surface area contributed by atoms with E-state index in [0.717, 1.165) is 4.47 Å². The normalized spacial score (nSPS) is 10.4. The van der Waals surface area contributed by atoms with Gasteiger partial charge in [-0.05, 0) is 18.6 Å². The lowest BCUT2D eigenvalue weighted by Gasteiger charge is -2.00. The molecule has 0 bridgehead atoms. The number of ketones is 1. The second kappa shape index (κ2) is 7.14. The van der Waals surface area contributed by atoms with Gasteiger partial charge >= 0.3 is 0 Å². The zero-order valence-electron chi connectivity index (χ0n) is 11.0. The molecule has 0 atom stereocenters. The number of carbonyl (C=O) groups is 2. The molecule has 0 aliphatic rings. The molecule has 1 heterocycles. The first kappa shape index (κ1) is 15.4. The van der Waals surface area contributed by atoms with Crippen molar-refractivity contribution in [1.29, 1.82) is 0 Å². The second-order valence-electron chi connectivity index (χ2n) is 4.40. The van der Waals surface area contributed by atoms with Gasteiger partial charge in [-0.3, -0.25) is 14.8 Å². The van der Waals surface area contributed by atoms with Crippen molar-refractivity contribution in [3.63, 3.8) is 0 Å². The van der Waals surface area contributed by atoms with Crippen LogP contribution in [-0.2, 0) is 6.42 Å². The third-order valence-electron chi connectivity index (χ3n) is 2.89. The van der Waals surface area contributed by atoms with Crippen LogP contribution in [0.15, 0.2) is 39.3 Å². The fourth-order valence-corrected chi connectivity index (χ4v) is 2.06. The highest BCUT2D eigenvalue weighted by Crippen LogP contribution is 2.14. The van der Waals surface area contributed by atoms with Crippen molar-refractivity contribution < 1.29 is 19.3 Å². The number of rotatable bonds is 6. The van der Waals surface area contributed by atoms with Gasteiger partial charge in [0.15, 0.2) is 11.5 Å². The summed E-state index contributed by atoms with van der Waals surface area (Å²) in [6, 6.07) is 8.62. The highest BCUT2D eigenvalue weighted by Gasteiger charge is 2.12. The predicted octanol–water partition coefficient (Wildman–Crippen LogP) is 2.76. The number of aromatic nitrogens is 1. The maximum atomic E-state index is 11.9. The van der Waals surface area contributed by atoms with E-state index in [4.69, 9.17) is 9.73 Å². The maximum absolute atomic E-state index is 11.9. The largest absolute Gasteiger partial charge is 0.361 e. The summed E-state index contributed by atoms with van der Waals surface area (Å²) in [5.41, 5.74) is 2.14. The van der Waals surface area contributed by atoms with Crippen LogP contribution in [0.4, 0.5) is 0 Å². The summed E-state index contributed by atoms with van der Waals surface area (Å²) in [6.07, 6.45) is 1.46. The average Bonchev–Trinajstić information content (AvgIpc) is 2.96. The highest BCUT2D eigenvalue weighted by molar-refractivity contribution is 9.10. The lowest BCUT2D eigenvalue weighted by atomic mass is 10.1. The summed E-state index contributed by atoms with van der Waals surface area (Å²) in [5, 5.41) is 12.0. The highest BCUT2D eigenvalue weighted by atomic mass is 79.9. The Balaban J connectivity index is 1.84. The van der Waals surface area contributed by atoms with E-state index < -0.39 is 5.91 Å². The molecule has 0 radical (unpaired) electrons. The quantitative estimate of drug-likeness (QED) is 0.473. The van der Waals surface area contributed by atoms with Gasteiger partial charge in [-0.25, -0.2) is 5.48 Å². The molecule has 0 unspecified atom stereocenters. The minimum atomic E-state index is -0.726. The van der Waals surface area contributed by atoms with Crippen molar-refractivity contribution in [2.24, 2.45) is 0 Å². The Morgan fingerprint density at radius 2 is 2.00 bits per heavy atom. The molecule has 0 saturated heterocycles. The first-order valence-corrected chi connectivity index (χ1v) is 7.08. The van der Waals surface area contributed by atoms with Crippen LogP contribution in [0, 0.1) is 0 Å². The Kier molecular flexibility index (Phi) is 5.24. The molecule has 0 aliphatic heterocycles. The molecule has 6 nitrogen and oxygen atoms in total. The van der Waals surface area contributed by atoms with Gasteiger partial charge in [0, 0.05) is 28.9 Å². The minimum Gasteiger partial charge on any atom is -0.361 e. The van der Waals surface area contributed by atoms with E-state index in [2.05, 4.69) is 21.1 Å². The lowest BCUT2D eigenvalue weighted by molar-refractivity contribution is 0.0696. The lowest BCUT2D eigenvalue weighted by Crippen LogP contribution is -2.18. The van der Waals surface area contributed by atoms with Crippen LogP contribution in [0.3, 0.4) is 0 Å². The monoisotopic (exact) mass is 352 g/mol. The fraction of sp³-hybridized carbons (Fsp3) is 0.214. The van der Waals surface area contributed by atoms with Crippen LogP contribution in [0.2, 0.25) is 0 Å². The van der Waals surface area contributed by atoms with Crippen molar-refractivity contribution in [3.05, 3.63) is 51.8 Å². The number of aryl methyl sites for hydroxylation is 1. The summed E-state index contributed by atoms with van der Waals surface area (Å²) in [7, 11) is 0. The van der Waals surface area contributed by atoms with Crippen LogP contribution in [0.25, 0.3) is 0 Å². The van der Waals surface area contributed by atoms with Gasteiger partial charge < -0.3 is 4.52 Å². The topological polar surface area (TPSA) is 92.4 Å². The Morgan fingerprint density at radius 3 is 2.67 bits per heavy atom. The van der Waals surface area contributed by atoms with E-state index in [1.807, 2.05) is 12.1 Å². The van der Waals surface area contributed by atoms with Crippen molar-refractivity contribution in [2.75, 3.05) is 0 Å². The van der Waals surface area contributed by atoms with Crippen LogP contribution in [0.1, 0.15) is 39.4 Å². The molecule has 2 rings (SSSR count). The van der Waals surface area contributed by atoms with E-state index >= 15 is 0 Å². The Labute approximate surface area is 129 Å². The average molecular weight is 353 g/mol. The van der Waals surface area contributed by atoms with E-state index in [9.17, 15) is 9.59 Å². The minimum absolute atomic E-state index is 0.00624. The van der Waals surface area contributed by atoms with Gasteiger partial charge in [0.2, 0.25) is 0 Å². The number of hydrogen-bond acceptors (Lipinski definition) is 5. The van der Waals surface area contributed by atoms with Gasteiger partial charge in [0.1, 0.15) is 5.76 Å². The zero-order valence-corrected chi connectivity index (χ0v) is 12.6. The first-order valence-electron chi connectivity index (χ1n) is 6.29. The van der Waals surface area contributed by atoms with E-state index in [1.54, 1.807) is 12.1 Å². The first-order chi connectivity index (χ1) is 10.1. The van der Waals surface area contributed by atoms with Gasteiger partial charge in [-0.1, -0.05) is 33.2 Å². The Bertz CT molecular complexity index is 637. The summed E-state index contributed by atoms with van der Waals surface area (Å²) in [5.74, 6) is -0.177. The molecule has 1 aromatic carbocycles. The van der Waals surface area contributed by atoms with E-state index in [1.165, 1.54) is 11.5 Å². The molecule has 0 aliphatic carbocycles. The third kappa shape index (κ3) is 4.24. The van der Waals surface area contributed by atoms with Gasteiger partial charge in [-0.2, -0.15) is 0 Å². The number of nitrogens with one attached hydrogen (secondary N) is 1. The van der Waals surface area contributed by atoms with Crippen LogP contribution < -0.4 is 5.48 Å². The smallest absolute Gasteiger partial charge is 0.296 e. The van der Waals surface area contributed by atoms with Crippen molar-refractivity contribution in [2.45, 2.75) is 19.3 Å². The van der Waals surface area contributed by atoms with Gasteiger partial charge in [0.25, 0.3) is 5.91 Å². The van der Waals surface area contributed by atoms with E-state index in [0.29, 0.717) is 30.6 Å². The molecular formula is C14H13BrN2O4. The standard InChI is InChI=1S/C14H13BrN2O4/c15-10-6-4-9(5-7-10)13(18)3-1-2-11-8-12(17-21-11)14(19)16-20/h4-8,20H,1-3H2,(H,16,19). The number of carbonyl (C=O) groups excluding carboxylic acids is 2.